The highest BCUT2D eigenvalue weighted by molar-refractivity contribution is 5.81. The zero-order valence-electron chi connectivity index (χ0n) is 14.2. The normalized spacial score (nSPS) is 18.4. The van der Waals surface area contributed by atoms with Crippen molar-refractivity contribution in [3.8, 4) is 0 Å². The summed E-state index contributed by atoms with van der Waals surface area (Å²) in [5.41, 5.74) is -0.0684. The topological polar surface area (TPSA) is 44.4 Å². The van der Waals surface area contributed by atoms with E-state index in [1.807, 2.05) is 25.7 Å². The summed E-state index contributed by atoms with van der Waals surface area (Å²) in [6.45, 7) is 16.3. The Labute approximate surface area is 124 Å². The molecule has 0 aromatic rings. The van der Waals surface area contributed by atoms with E-state index in [-0.39, 0.29) is 16.9 Å². The lowest BCUT2D eigenvalue weighted by Gasteiger charge is -2.36. The van der Waals surface area contributed by atoms with Crippen LogP contribution >= 0.6 is 0 Å². The Hall–Kier alpha value is -0.610. The van der Waals surface area contributed by atoms with E-state index < -0.39 is 0 Å². The van der Waals surface area contributed by atoms with Crippen molar-refractivity contribution in [2.45, 2.75) is 66.0 Å². The fourth-order valence-electron chi connectivity index (χ4n) is 2.47. The predicted molar refractivity (Wildman–Crippen MR) is 84.8 cm³/mol. The maximum absolute atomic E-state index is 12.2. The molecule has 0 bridgehead atoms. The fraction of sp³-hybridized carbons (Fsp3) is 0.938. The third-order valence-corrected chi connectivity index (χ3v) is 3.64. The molecule has 1 amide bonds. The molecule has 0 aromatic heterocycles. The van der Waals surface area contributed by atoms with Gasteiger partial charge in [0.15, 0.2) is 0 Å². The average Bonchev–Trinajstić information content (AvgIpc) is 2.32. The minimum absolute atomic E-state index is 0.185. The number of amides is 1. The lowest BCUT2D eigenvalue weighted by Crippen LogP contribution is -2.49. The van der Waals surface area contributed by atoms with Crippen LogP contribution in [0.15, 0.2) is 0 Å². The second-order valence-corrected chi connectivity index (χ2v) is 7.95. The standard InChI is InChI=1S/C16H33N3O/c1-15(2,3)14(20)19-11-7-13(8-12-19)17-9-10-18-16(4,5)6/h13,17-18H,7-12H2,1-6H3. The highest BCUT2D eigenvalue weighted by Crippen LogP contribution is 2.20. The van der Waals surface area contributed by atoms with Crippen LogP contribution in [-0.4, -0.2) is 48.6 Å². The van der Waals surface area contributed by atoms with Gasteiger partial charge in [0.2, 0.25) is 5.91 Å². The smallest absolute Gasteiger partial charge is 0.227 e. The maximum Gasteiger partial charge on any atom is 0.227 e. The summed E-state index contributed by atoms with van der Waals surface area (Å²) >= 11 is 0. The van der Waals surface area contributed by atoms with Crippen LogP contribution in [0.25, 0.3) is 0 Å². The van der Waals surface area contributed by atoms with Gasteiger partial charge in [-0.2, -0.15) is 0 Å². The number of carbonyl (C=O) groups is 1. The minimum atomic E-state index is -0.253. The van der Waals surface area contributed by atoms with Gasteiger partial charge in [0.1, 0.15) is 0 Å². The van der Waals surface area contributed by atoms with Gasteiger partial charge < -0.3 is 15.5 Å². The second kappa shape index (κ2) is 6.90. The van der Waals surface area contributed by atoms with E-state index in [2.05, 4.69) is 31.4 Å². The highest BCUT2D eigenvalue weighted by atomic mass is 16.2. The number of nitrogens with zero attached hydrogens (tertiary/aromatic N) is 1. The molecule has 0 aromatic carbocycles. The molecule has 0 atom stereocenters. The van der Waals surface area contributed by atoms with Crippen molar-refractivity contribution in [3.63, 3.8) is 0 Å². The fourth-order valence-corrected chi connectivity index (χ4v) is 2.47. The Morgan fingerprint density at radius 1 is 1.05 bits per heavy atom. The van der Waals surface area contributed by atoms with Crippen LogP contribution in [0.4, 0.5) is 0 Å². The van der Waals surface area contributed by atoms with Crippen LogP contribution in [0.2, 0.25) is 0 Å². The number of hydrogen-bond donors (Lipinski definition) is 2. The molecule has 0 aliphatic carbocycles. The molecule has 0 radical (unpaired) electrons. The third kappa shape index (κ3) is 6.23. The molecule has 4 nitrogen and oxygen atoms in total. The molecular weight excluding hydrogens is 250 g/mol. The molecule has 4 heteroatoms. The average molecular weight is 283 g/mol. The number of rotatable bonds is 4. The predicted octanol–water partition coefficient (Wildman–Crippen LogP) is 2.00. The summed E-state index contributed by atoms with van der Waals surface area (Å²) in [5, 5.41) is 7.07. The molecule has 1 heterocycles. The van der Waals surface area contributed by atoms with Gasteiger partial charge in [-0.05, 0) is 33.6 Å². The van der Waals surface area contributed by atoms with Crippen LogP contribution < -0.4 is 10.6 Å². The molecule has 0 saturated carbocycles. The van der Waals surface area contributed by atoms with Crippen molar-refractivity contribution in [1.29, 1.82) is 0 Å². The second-order valence-electron chi connectivity index (χ2n) is 7.95. The molecule has 1 fully saturated rings. The van der Waals surface area contributed by atoms with Crippen LogP contribution in [0.3, 0.4) is 0 Å². The summed E-state index contributed by atoms with van der Waals surface area (Å²) in [5.74, 6) is 0.283. The molecule has 1 saturated heterocycles. The monoisotopic (exact) mass is 283 g/mol. The van der Waals surface area contributed by atoms with Crippen LogP contribution in [-0.2, 0) is 4.79 Å². The first-order chi connectivity index (χ1) is 9.09. The van der Waals surface area contributed by atoms with E-state index in [9.17, 15) is 4.79 Å². The van der Waals surface area contributed by atoms with E-state index >= 15 is 0 Å². The largest absolute Gasteiger partial charge is 0.342 e. The Kier molecular flexibility index (Phi) is 6.02. The Bertz CT molecular complexity index is 307. The molecule has 2 N–H and O–H groups in total. The quantitative estimate of drug-likeness (QED) is 0.776. The molecule has 118 valence electrons. The number of carbonyl (C=O) groups excluding carboxylic acids is 1. The van der Waals surface area contributed by atoms with E-state index in [1.165, 1.54) is 0 Å². The van der Waals surface area contributed by atoms with Gasteiger partial charge in [0.25, 0.3) is 0 Å². The molecule has 20 heavy (non-hydrogen) atoms. The van der Waals surface area contributed by atoms with Gasteiger partial charge in [-0.15, -0.1) is 0 Å². The van der Waals surface area contributed by atoms with Crippen molar-refractivity contribution in [2.24, 2.45) is 5.41 Å². The van der Waals surface area contributed by atoms with E-state index in [1.54, 1.807) is 0 Å². The van der Waals surface area contributed by atoms with Crippen molar-refractivity contribution in [1.82, 2.24) is 15.5 Å². The number of nitrogens with one attached hydrogen (secondary N) is 2. The molecule has 1 aliphatic heterocycles. The van der Waals surface area contributed by atoms with Gasteiger partial charge in [0.05, 0.1) is 0 Å². The molecule has 0 spiro atoms. The highest BCUT2D eigenvalue weighted by Gasteiger charge is 2.30. The first-order valence-corrected chi connectivity index (χ1v) is 7.87. The Morgan fingerprint density at radius 3 is 2.05 bits per heavy atom. The summed E-state index contributed by atoms with van der Waals surface area (Å²) < 4.78 is 0. The van der Waals surface area contributed by atoms with Gasteiger partial charge in [-0.25, -0.2) is 0 Å². The SMILES string of the molecule is CC(C)(C)NCCNC1CCN(C(=O)C(C)(C)C)CC1. The minimum Gasteiger partial charge on any atom is -0.342 e. The van der Waals surface area contributed by atoms with Gasteiger partial charge in [0, 0.05) is 43.2 Å². The summed E-state index contributed by atoms with van der Waals surface area (Å²) in [7, 11) is 0. The van der Waals surface area contributed by atoms with Crippen molar-refractivity contribution >= 4 is 5.91 Å². The summed E-state index contributed by atoms with van der Waals surface area (Å²) in [6.07, 6.45) is 2.13. The van der Waals surface area contributed by atoms with Crippen molar-refractivity contribution < 1.29 is 4.79 Å². The van der Waals surface area contributed by atoms with Gasteiger partial charge >= 0.3 is 0 Å². The summed E-state index contributed by atoms with van der Waals surface area (Å²) in [4.78, 5) is 14.2. The number of likely N-dealkylation sites (tertiary alicyclic amines) is 1. The van der Waals surface area contributed by atoms with Gasteiger partial charge in [-0.1, -0.05) is 20.8 Å². The van der Waals surface area contributed by atoms with Gasteiger partial charge in [-0.3, -0.25) is 4.79 Å². The Morgan fingerprint density at radius 2 is 1.60 bits per heavy atom. The first kappa shape index (κ1) is 17.4. The molecule has 1 aliphatic rings. The van der Waals surface area contributed by atoms with Crippen molar-refractivity contribution in [2.75, 3.05) is 26.2 Å². The maximum atomic E-state index is 12.2. The van der Waals surface area contributed by atoms with Crippen LogP contribution in [0.5, 0.6) is 0 Å². The van der Waals surface area contributed by atoms with Crippen LogP contribution in [0, 0.1) is 5.41 Å². The molecular formula is C16H33N3O. The Balaban J connectivity index is 2.21. The van der Waals surface area contributed by atoms with Crippen LogP contribution in [0.1, 0.15) is 54.4 Å². The lowest BCUT2D eigenvalue weighted by molar-refractivity contribution is -0.140. The molecule has 1 rings (SSSR count). The zero-order chi connectivity index (χ0) is 15.4. The number of hydrogen-bond acceptors (Lipinski definition) is 3. The summed E-state index contributed by atoms with van der Waals surface area (Å²) in [6, 6.07) is 0.556. The van der Waals surface area contributed by atoms with E-state index in [4.69, 9.17) is 0 Å². The molecule has 0 unspecified atom stereocenters. The number of piperidine rings is 1. The van der Waals surface area contributed by atoms with E-state index in [0.717, 1.165) is 39.0 Å². The van der Waals surface area contributed by atoms with Crippen molar-refractivity contribution in [3.05, 3.63) is 0 Å². The van der Waals surface area contributed by atoms with E-state index in [0.29, 0.717) is 6.04 Å². The zero-order valence-corrected chi connectivity index (χ0v) is 14.2. The third-order valence-electron chi connectivity index (χ3n) is 3.64. The first-order valence-electron chi connectivity index (χ1n) is 7.87. The lowest BCUT2D eigenvalue weighted by atomic mass is 9.93.